The number of piperazine rings is 1. The predicted octanol–water partition coefficient (Wildman–Crippen LogP) is 1.50. The first kappa shape index (κ1) is 13.0. The van der Waals surface area contributed by atoms with Gasteiger partial charge in [0.15, 0.2) is 0 Å². The van der Waals surface area contributed by atoms with Crippen LogP contribution in [0, 0.1) is 0 Å². The highest BCUT2D eigenvalue weighted by Crippen LogP contribution is 2.22. The minimum Gasteiger partial charge on any atom is -0.465 e. The van der Waals surface area contributed by atoms with Crippen LogP contribution in [-0.4, -0.2) is 53.5 Å². The largest absolute Gasteiger partial charge is 0.465 e. The predicted molar refractivity (Wildman–Crippen MR) is 69.3 cm³/mol. The van der Waals surface area contributed by atoms with Crippen molar-refractivity contribution < 1.29 is 15.0 Å². The van der Waals surface area contributed by atoms with Gasteiger partial charge in [-0.15, -0.1) is 0 Å². The summed E-state index contributed by atoms with van der Waals surface area (Å²) in [7, 11) is 0. The molecule has 1 saturated heterocycles. The van der Waals surface area contributed by atoms with E-state index in [0.717, 1.165) is 5.69 Å². The smallest absolute Gasteiger partial charge is 0.407 e. The first-order valence-electron chi connectivity index (χ1n) is 5.72. The minimum absolute atomic E-state index is 0.0770. The van der Waals surface area contributed by atoms with Crippen molar-refractivity contribution >= 4 is 23.4 Å². The molecule has 1 fully saturated rings. The molecule has 18 heavy (non-hydrogen) atoms. The lowest BCUT2D eigenvalue weighted by Crippen LogP contribution is -2.56. The molecule has 1 aromatic carbocycles. The van der Waals surface area contributed by atoms with Crippen molar-refractivity contribution in [3.63, 3.8) is 0 Å². The molecule has 1 atom stereocenters. The van der Waals surface area contributed by atoms with Crippen LogP contribution in [0.5, 0.6) is 0 Å². The molecule has 5 nitrogen and oxygen atoms in total. The topological polar surface area (TPSA) is 64.0 Å². The molecule has 0 saturated carbocycles. The molecule has 6 heteroatoms. The summed E-state index contributed by atoms with van der Waals surface area (Å²) in [5, 5.41) is 19.0. The van der Waals surface area contributed by atoms with Gasteiger partial charge in [0.2, 0.25) is 0 Å². The minimum atomic E-state index is -0.941. The third kappa shape index (κ3) is 2.68. The van der Waals surface area contributed by atoms with E-state index in [2.05, 4.69) is 0 Å². The Morgan fingerprint density at radius 3 is 2.56 bits per heavy atom. The quantitative estimate of drug-likeness (QED) is 0.855. The lowest BCUT2D eigenvalue weighted by atomic mass is 10.1. The van der Waals surface area contributed by atoms with E-state index in [0.29, 0.717) is 24.7 Å². The second-order valence-electron chi connectivity index (χ2n) is 4.23. The van der Waals surface area contributed by atoms with Gasteiger partial charge in [0.05, 0.1) is 12.6 Å². The van der Waals surface area contributed by atoms with Crippen LogP contribution in [0.4, 0.5) is 10.5 Å². The summed E-state index contributed by atoms with van der Waals surface area (Å²) in [6.45, 7) is 1.24. The zero-order valence-corrected chi connectivity index (χ0v) is 10.5. The molecule has 2 N–H and O–H groups in total. The second kappa shape index (κ2) is 5.46. The van der Waals surface area contributed by atoms with Gasteiger partial charge in [0.25, 0.3) is 0 Å². The number of rotatable bonds is 2. The Hall–Kier alpha value is -1.46. The van der Waals surface area contributed by atoms with Crippen molar-refractivity contribution in [2.24, 2.45) is 0 Å². The highest BCUT2D eigenvalue weighted by molar-refractivity contribution is 6.30. The normalized spacial score (nSPS) is 20.0. The summed E-state index contributed by atoms with van der Waals surface area (Å²) in [6.07, 6.45) is -0.941. The maximum atomic E-state index is 10.9. The molecular weight excluding hydrogens is 256 g/mol. The van der Waals surface area contributed by atoms with Gasteiger partial charge in [-0.05, 0) is 24.3 Å². The van der Waals surface area contributed by atoms with E-state index in [1.807, 2.05) is 17.0 Å². The Kier molecular flexibility index (Phi) is 3.93. The van der Waals surface area contributed by atoms with Gasteiger partial charge < -0.3 is 20.0 Å². The van der Waals surface area contributed by atoms with Crippen LogP contribution in [0.1, 0.15) is 0 Å². The molecule has 0 radical (unpaired) electrons. The second-order valence-corrected chi connectivity index (χ2v) is 4.67. The number of nitrogens with zero attached hydrogens (tertiary/aromatic N) is 2. The first-order chi connectivity index (χ1) is 8.61. The number of carbonyl (C=O) groups is 1. The number of amides is 1. The number of hydrogen-bond acceptors (Lipinski definition) is 3. The maximum absolute atomic E-state index is 10.9. The van der Waals surface area contributed by atoms with Crippen LogP contribution in [0.3, 0.4) is 0 Å². The van der Waals surface area contributed by atoms with Crippen molar-refractivity contribution in [3.8, 4) is 0 Å². The van der Waals surface area contributed by atoms with Crippen LogP contribution in [0.25, 0.3) is 0 Å². The van der Waals surface area contributed by atoms with E-state index in [4.69, 9.17) is 16.7 Å². The van der Waals surface area contributed by atoms with E-state index >= 15 is 0 Å². The monoisotopic (exact) mass is 270 g/mol. The fraction of sp³-hybridized carbons (Fsp3) is 0.417. The van der Waals surface area contributed by atoms with E-state index in [9.17, 15) is 9.90 Å². The Morgan fingerprint density at radius 2 is 2.00 bits per heavy atom. The highest BCUT2D eigenvalue weighted by Gasteiger charge is 2.28. The molecule has 0 aliphatic carbocycles. The number of aliphatic hydroxyl groups is 1. The van der Waals surface area contributed by atoms with Crippen molar-refractivity contribution in [3.05, 3.63) is 29.3 Å². The van der Waals surface area contributed by atoms with Crippen molar-refractivity contribution in [1.82, 2.24) is 4.90 Å². The molecule has 1 unspecified atom stereocenters. The Labute approximate surface area is 110 Å². The lowest BCUT2D eigenvalue weighted by Gasteiger charge is -2.41. The summed E-state index contributed by atoms with van der Waals surface area (Å²) in [6, 6.07) is 7.11. The van der Waals surface area contributed by atoms with Crippen molar-refractivity contribution in [1.29, 1.82) is 0 Å². The third-order valence-electron chi connectivity index (χ3n) is 3.12. The summed E-state index contributed by atoms with van der Waals surface area (Å²) in [5.41, 5.74) is 0.948. The van der Waals surface area contributed by atoms with Gasteiger partial charge in [0.1, 0.15) is 0 Å². The Bertz CT molecular complexity index is 424. The zero-order chi connectivity index (χ0) is 13.1. The maximum Gasteiger partial charge on any atom is 0.407 e. The molecular formula is C12H15ClN2O3. The van der Waals surface area contributed by atoms with Gasteiger partial charge in [-0.2, -0.15) is 0 Å². The Morgan fingerprint density at radius 1 is 1.33 bits per heavy atom. The highest BCUT2D eigenvalue weighted by atomic mass is 35.5. The van der Waals surface area contributed by atoms with Crippen molar-refractivity contribution in [2.45, 2.75) is 6.04 Å². The summed E-state index contributed by atoms with van der Waals surface area (Å²) in [4.78, 5) is 14.2. The van der Waals surface area contributed by atoms with Crippen LogP contribution < -0.4 is 4.90 Å². The summed E-state index contributed by atoms with van der Waals surface area (Å²) >= 11 is 5.83. The SMILES string of the molecule is O=C(O)N1CCN(c2ccc(Cl)cc2)C(CO)C1. The molecule has 1 aliphatic heterocycles. The summed E-state index contributed by atoms with van der Waals surface area (Å²) in [5.74, 6) is 0. The van der Waals surface area contributed by atoms with Gasteiger partial charge in [-0.1, -0.05) is 11.6 Å². The molecule has 0 aromatic heterocycles. The standard InChI is InChI=1S/C12H15ClN2O3/c13-9-1-3-10(4-2-9)15-6-5-14(12(17)18)7-11(15)8-16/h1-4,11,16H,5-8H2,(H,17,18). The molecule has 98 valence electrons. The van der Waals surface area contributed by atoms with E-state index in [-0.39, 0.29) is 12.6 Å². The third-order valence-corrected chi connectivity index (χ3v) is 3.37. The zero-order valence-electron chi connectivity index (χ0n) is 9.79. The number of benzene rings is 1. The number of halogens is 1. The van der Waals surface area contributed by atoms with Gasteiger partial charge in [-0.3, -0.25) is 0 Å². The Balaban J connectivity index is 2.14. The van der Waals surface area contributed by atoms with E-state index in [1.165, 1.54) is 4.90 Å². The molecule has 1 heterocycles. The fourth-order valence-electron chi connectivity index (χ4n) is 2.16. The lowest BCUT2D eigenvalue weighted by molar-refractivity contribution is 0.124. The molecule has 2 rings (SSSR count). The molecule has 0 spiro atoms. The number of hydrogen-bond donors (Lipinski definition) is 2. The molecule has 1 aromatic rings. The van der Waals surface area contributed by atoms with Gasteiger partial charge >= 0.3 is 6.09 Å². The number of aliphatic hydroxyl groups excluding tert-OH is 1. The van der Waals surface area contributed by atoms with Crippen LogP contribution in [0.15, 0.2) is 24.3 Å². The van der Waals surface area contributed by atoms with Crippen molar-refractivity contribution in [2.75, 3.05) is 31.1 Å². The summed E-state index contributed by atoms with van der Waals surface area (Å²) < 4.78 is 0. The molecule has 1 amide bonds. The first-order valence-corrected chi connectivity index (χ1v) is 6.10. The van der Waals surface area contributed by atoms with E-state index in [1.54, 1.807) is 12.1 Å². The number of anilines is 1. The van der Waals surface area contributed by atoms with Gasteiger partial charge in [-0.25, -0.2) is 4.79 Å². The van der Waals surface area contributed by atoms with Gasteiger partial charge in [0, 0.05) is 30.3 Å². The van der Waals surface area contributed by atoms with Crippen LogP contribution >= 0.6 is 11.6 Å². The molecule has 1 aliphatic rings. The number of carboxylic acid groups (broad SMARTS) is 1. The average Bonchev–Trinajstić information content (AvgIpc) is 2.39. The fourth-order valence-corrected chi connectivity index (χ4v) is 2.28. The van der Waals surface area contributed by atoms with Crippen LogP contribution in [0.2, 0.25) is 5.02 Å². The van der Waals surface area contributed by atoms with E-state index < -0.39 is 6.09 Å². The average molecular weight is 271 g/mol. The molecule has 0 bridgehead atoms. The van der Waals surface area contributed by atoms with Crippen LogP contribution in [-0.2, 0) is 0 Å².